The molecule has 0 saturated heterocycles. The Morgan fingerprint density at radius 2 is 1.39 bits per heavy atom. The van der Waals surface area contributed by atoms with E-state index in [1.54, 1.807) is 0 Å². The molecule has 0 aliphatic carbocycles. The lowest BCUT2D eigenvalue weighted by atomic mass is 10.1. The predicted octanol–water partition coefficient (Wildman–Crippen LogP) is 7.58. The molecule has 0 fully saturated rings. The Bertz CT molecular complexity index is 1100. The number of aromatic nitrogens is 3. The molecule has 3 aromatic rings. The monoisotopic (exact) mass is 511 g/mol. The third-order valence-electron chi connectivity index (χ3n) is 6.00. The van der Waals surface area contributed by atoms with Gasteiger partial charge in [-0.15, -0.1) is 10.2 Å². The number of thioether (sulfide) groups is 1. The van der Waals surface area contributed by atoms with Crippen LogP contribution in [0.2, 0.25) is 0 Å². The SMILES string of the molecule is CCCCCCCCCCCn1c(SCc2ccccc2)nnc1-c1cc([N+](=O)[O-])cc([N+](=O)[O-])c1. The maximum absolute atomic E-state index is 11.4. The topological polar surface area (TPSA) is 117 Å². The molecular formula is C26H33N5O4S. The maximum atomic E-state index is 11.4. The zero-order valence-corrected chi connectivity index (χ0v) is 21.5. The molecule has 0 aliphatic heterocycles. The lowest BCUT2D eigenvalue weighted by molar-refractivity contribution is -0.394. The summed E-state index contributed by atoms with van der Waals surface area (Å²) in [5.41, 5.74) is 0.796. The van der Waals surface area contributed by atoms with Gasteiger partial charge in [-0.2, -0.15) is 0 Å². The van der Waals surface area contributed by atoms with Gasteiger partial charge in [0.15, 0.2) is 11.0 Å². The number of unbranched alkanes of at least 4 members (excludes halogenated alkanes) is 8. The molecule has 2 aromatic carbocycles. The first-order valence-corrected chi connectivity index (χ1v) is 13.5. The number of nitro benzene ring substituents is 2. The fourth-order valence-electron chi connectivity index (χ4n) is 4.05. The van der Waals surface area contributed by atoms with Gasteiger partial charge < -0.3 is 4.57 Å². The number of benzene rings is 2. The summed E-state index contributed by atoms with van der Waals surface area (Å²) in [5.74, 6) is 1.11. The van der Waals surface area contributed by atoms with Crippen LogP contribution in [-0.2, 0) is 12.3 Å². The normalized spacial score (nSPS) is 11.0. The number of nitro groups is 2. The van der Waals surface area contributed by atoms with E-state index in [1.807, 2.05) is 34.9 Å². The van der Waals surface area contributed by atoms with Crippen LogP contribution in [0.4, 0.5) is 11.4 Å². The quantitative estimate of drug-likeness (QED) is 0.0841. The summed E-state index contributed by atoms with van der Waals surface area (Å²) in [6.45, 7) is 2.86. The number of non-ortho nitro benzene ring substituents is 2. The van der Waals surface area contributed by atoms with Gasteiger partial charge in [0.05, 0.1) is 15.9 Å². The second-order valence-corrected chi connectivity index (χ2v) is 9.76. The second kappa shape index (κ2) is 14.3. The zero-order chi connectivity index (χ0) is 25.8. The van der Waals surface area contributed by atoms with Crippen molar-refractivity contribution in [3.8, 4) is 11.4 Å². The van der Waals surface area contributed by atoms with E-state index in [9.17, 15) is 20.2 Å². The first kappa shape index (κ1) is 27.3. The minimum Gasteiger partial charge on any atom is -0.302 e. The molecule has 0 atom stereocenters. The van der Waals surface area contributed by atoms with Gasteiger partial charge in [-0.05, 0) is 12.0 Å². The smallest absolute Gasteiger partial charge is 0.277 e. The van der Waals surface area contributed by atoms with E-state index in [0.717, 1.165) is 30.9 Å². The Morgan fingerprint density at radius 1 is 0.806 bits per heavy atom. The van der Waals surface area contributed by atoms with Gasteiger partial charge in [0.25, 0.3) is 11.4 Å². The minimum atomic E-state index is -0.622. The van der Waals surface area contributed by atoms with Gasteiger partial charge in [-0.1, -0.05) is 100 Å². The third-order valence-corrected chi connectivity index (χ3v) is 7.03. The van der Waals surface area contributed by atoms with E-state index in [1.165, 1.54) is 62.4 Å². The van der Waals surface area contributed by atoms with Crippen molar-refractivity contribution in [3.63, 3.8) is 0 Å². The summed E-state index contributed by atoms with van der Waals surface area (Å²) < 4.78 is 1.94. The molecule has 0 bridgehead atoms. The van der Waals surface area contributed by atoms with Gasteiger partial charge in [0.1, 0.15) is 0 Å². The van der Waals surface area contributed by atoms with Crippen molar-refractivity contribution in [2.75, 3.05) is 0 Å². The second-order valence-electron chi connectivity index (χ2n) is 8.81. The molecule has 3 rings (SSSR count). The molecule has 0 saturated carbocycles. The predicted molar refractivity (Wildman–Crippen MR) is 142 cm³/mol. The standard InChI is InChI=1S/C26H33N5O4S/c1-2-3-4-5-6-7-8-9-13-16-29-25(22-17-23(30(32)33)19-24(18-22)31(34)35)27-28-26(29)36-20-21-14-11-10-12-15-21/h10-12,14-15,17-19H,2-9,13,16,20H2,1H3. The molecule has 0 radical (unpaired) electrons. The highest BCUT2D eigenvalue weighted by Gasteiger charge is 2.22. The fraction of sp³-hybridized carbons (Fsp3) is 0.462. The summed E-state index contributed by atoms with van der Waals surface area (Å²) in [6.07, 6.45) is 10.7. The Labute approximate surface area is 215 Å². The molecule has 0 amide bonds. The summed E-state index contributed by atoms with van der Waals surface area (Å²) in [4.78, 5) is 21.6. The number of hydrogen-bond acceptors (Lipinski definition) is 7. The lowest BCUT2D eigenvalue weighted by Crippen LogP contribution is -2.04. The van der Waals surface area contributed by atoms with Crippen LogP contribution in [0.25, 0.3) is 11.4 Å². The Hall–Kier alpha value is -3.27. The van der Waals surface area contributed by atoms with Crippen LogP contribution in [0, 0.1) is 20.2 Å². The summed E-state index contributed by atoms with van der Waals surface area (Å²) in [6, 6.07) is 13.6. The zero-order valence-electron chi connectivity index (χ0n) is 20.7. The molecule has 1 heterocycles. The highest BCUT2D eigenvalue weighted by Crippen LogP contribution is 2.32. The molecule has 36 heavy (non-hydrogen) atoms. The Balaban J connectivity index is 1.76. The van der Waals surface area contributed by atoms with E-state index < -0.39 is 9.85 Å². The Kier molecular flexibility index (Phi) is 10.9. The maximum Gasteiger partial charge on any atom is 0.277 e. The molecular weight excluding hydrogens is 478 g/mol. The fourth-order valence-corrected chi connectivity index (χ4v) is 4.97. The Morgan fingerprint density at radius 3 is 1.97 bits per heavy atom. The summed E-state index contributed by atoms with van der Waals surface area (Å²) >= 11 is 1.54. The molecule has 0 spiro atoms. The van der Waals surface area contributed by atoms with Gasteiger partial charge in [0, 0.05) is 30.0 Å². The molecule has 10 heteroatoms. The molecule has 0 N–H and O–H groups in total. The average molecular weight is 512 g/mol. The molecule has 0 unspecified atom stereocenters. The van der Waals surface area contributed by atoms with Crippen LogP contribution < -0.4 is 0 Å². The van der Waals surface area contributed by atoms with Gasteiger partial charge in [-0.3, -0.25) is 20.2 Å². The van der Waals surface area contributed by atoms with Crippen molar-refractivity contribution in [2.24, 2.45) is 0 Å². The van der Waals surface area contributed by atoms with Gasteiger partial charge in [-0.25, -0.2) is 0 Å². The number of rotatable bonds is 16. The summed E-state index contributed by atoms with van der Waals surface area (Å²) in [5, 5.41) is 32.2. The third kappa shape index (κ3) is 8.15. The largest absolute Gasteiger partial charge is 0.302 e. The van der Waals surface area contributed by atoms with Crippen LogP contribution in [-0.4, -0.2) is 24.6 Å². The lowest BCUT2D eigenvalue weighted by Gasteiger charge is -2.11. The van der Waals surface area contributed by atoms with E-state index >= 15 is 0 Å². The van der Waals surface area contributed by atoms with E-state index in [2.05, 4.69) is 17.1 Å². The van der Waals surface area contributed by atoms with Crippen LogP contribution >= 0.6 is 11.8 Å². The minimum absolute atomic E-state index is 0.325. The highest BCUT2D eigenvalue weighted by atomic mass is 32.2. The van der Waals surface area contributed by atoms with Crippen molar-refractivity contribution >= 4 is 23.1 Å². The van der Waals surface area contributed by atoms with Crippen LogP contribution in [0.3, 0.4) is 0 Å². The molecule has 0 aliphatic rings. The van der Waals surface area contributed by atoms with E-state index in [-0.39, 0.29) is 11.4 Å². The molecule has 9 nitrogen and oxygen atoms in total. The van der Waals surface area contributed by atoms with Crippen LogP contribution in [0.1, 0.15) is 70.3 Å². The van der Waals surface area contributed by atoms with E-state index in [4.69, 9.17) is 0 Å². The number of nitrogens with zero attached hydrogens (tertiary/aromatic N) is 5. The van der Waals surface area contributed by atoms with Crippen LogP contribution in [0.5, 0.6) is 0 Å². The highest BCUT2D eigenvalue weighted by molar-refractivity contribution is 7.98. The van der Waals surface area contributed by atoms with Crippen molar-refractivity contribution in [3.05, 3.63) is 74.3 Å². The van der Waals surface area contributed by atoms with Crippen molar-refractivity contribution in [1.82, 2.24) is 14.8 Å². The number of hydrogen-bond donors (Lipinski definition) is 0. The van der Waals surface area contributed by atoms with Crippen molar-refractivity contribution in [1.29, 1.82) is 0 Å². The average Bonchev–Trinajstić information content (AvgIpc) is 3.29. The van der Waals surface area contributed by atoms with Crippen LogP contribution in [0.15, 0.2) is 53.7 Å². The van der Waals surface area contributed by atoms with E-state index in [0.29, 0.717) is 28.8 Å². The van der Waals surface area contributed by atoms with Gasteiger partial charge >= 0.3 is 0 Å². The van der Waals surface area contributed by atoms with Gasteiger partial charge in [0.2, 0.25) is 0 Å². The molecule has 1 aromatic heterocycles. The summed E-state index contributed by atoms with van der Waals surface area (Å²) in [7, 11) is 0. The first-order chi connectivity index (χ1) is 17.5. The van der Waals surface area contributed by atoms with Crippen molar-refractivity contribution < 1.29 is 9.85 Å². The first-order valence-electron chi connectivity index (χ1n) is 12.5. The van der Waals surface area contributed by atoms with Crippen molar-refractivity contribution in [2.45, 2.75) is 82.2 Å². The molecule has 192 valence electrons.